The lowest BCUT2D eigenvalue weighted by atomic mass is 9.75. The number of carbonyl (C=O) groups excluding carboxylic acids is 1. The summed E-state index contributed by atoms with van der Waals surface area (Å²) in [5.41, 5.74) is 1.93. The number of allylic oxidation sites excluding steroid dienone is 1. The zero-order valence-corrected chi connectivity index (χ0v) is 11.3. The van der Waals surface area contributed by atoms with Crippen LogP contribution in [0.3, 0.4) is 0 Å². The van der Waals surface area contributed by atoms with Crippen molar-refractivity contribution in [2.45, 2.75) is 39.2 Å². The average molecular weight is 254 g/mol. The molecule has 2 N–H and O–H groups in total. The van der Waals surface area contributed by atoms with E-state index in [-0.39, 0.29) is 29.8 Å². The average Bonchev–Trinajstić information content (AvgIpc) is 2.58. The molecule has 2 aliphatic rings. The molecule has 0 amide bonds. The van der Waals surface area contributed by atoms with Crippen molar-refractivity contribution >= 4 is 5.97 Å². The minimum Gasteiger partial charge on any atom is -0.469 e. The number of carbonyl (C=O) groups is 1. The zero-order chi connectivity index (χ0) is 13.5. The van der Waals surface area contributed by atoms with Crippen LogP contribution in [-0.4, -0.2) is 36.0 Å². The van der Waals surface area contributed by atoms with E-state index in [0.717, 1.165) is 18.4 Å². The van der Waals surface area contributed by atoms with Crippen molar-refractivity contribution in [2.75, 3.05) is 13.7 Å². The quantitative estimate of drug-likeness (QED) is 0.575. The molecule has 0 aromatic heterocycles. The Balaban J connectivity index is 2.32. The highest BCUT2D eigenvalue weighted by Gasteiger charge is 2.47. The fourth-order valence-electron chi connectivity index (χ4n) is 3.47. The lowest BCUT2D eigenvalue weighted by Gasteiger charge is -2.33. The number of rotatable bonds is 2. The van der Waals surface area contributed by atoms with Gasteiger partial charge in [0, 0.05) is 5.92 Å². The van der Waals surface area contributed by atoms with Crippen molar-refractivity contribution in [1.82, 2.24) is 0 Å². The third-order valence-electron chi connectivity index (χ3n) is 4.45. The highest BCUT2D eigenvalue weighted by molar-refractivity contribution is 5.74. The molecule has 0 heterocycles. The summed E-state index contributed by atoms with van der Waals surface area (Å²) >= 11 is 0. The SMILES string of the molecule is COC(=O)[C@@H]1CCC2=C([C@@H](O)C(C)(C)C2)[C@@H]1CO. The largest absolute Gasteiger partial charge is 0.469 e. The maximum atomic E-state index is 11.8. The topological polar surface area (TPSA) is 66.8 Å². The van der Waals surface area contributed by atoms with Gasteiger partial charge in [-0.3, -0.25) is 4.79 Å². The van der Waals surface area contributed by atoms with Gasteiger partial charge >= 0.3 is 5.97 Å². The normalized spacial score (nSPS) is 34.4. The molecule has 0 fully saturated rings. The van der Waals surface area contributed by atoms with Gasteiger partial charge in [0.05, 0.1) is 25.7 Å². The highest BCUT2D eigenvalue weighted by atomic mass is 16.5. The molecule has 0 unspecified atom stereocenters. The van der Waals surface area contributed by atoms with Gasteiger partial charge in [-0.25, -0.2) is 0 Å². The minimum atomic E-state index is -0.558. The lowest BCUT2D eigenvalue weighted by molar-refractivity contribution is -0.148. The summed E-state index contributed by atoms with van der Waals surface area (Å²) in [6.07, 6.45) is 1.83. The van der Waals surface area contributed by atoms with E-state index in [4.69, 9.17) is 4.74 Å². The maximum absolute atomic E-state index is 11.8. The van der Waals surface area contributed by atoms with Crippen LogP contribution in [0.5, 0.6) is 0 Å². The Hall–Kier alpha value is -0.870. The number of hydrogen-bond acceptors (Lipinski definition) is 4. The third kappa shape index (κ3) is 1.97. The van der Waals surface area contributed by atoms with Crippen LogP contribution >= 0.6 is 0 Å². The van der Waals surface area contributed by atoms with Gasteiger partial charge in [0.25, 0.3) is 0 Å². The van der Waals surface area contributed by atoms with Crippen LogP contribution in [0.1, 0.15) is 33.1 Å². The van der Waals surface area contributed by atoms with E-state index in [0.29, 0.717) is 6.42 Å². The molecule has 18 heavy (non-hydrogen) atoms. The monoisotopic (exact) mass is 254 g/mol. The summed E-state index contributed by atoms with van der Waals surface area (Å²) in [4.78, 5) is 11.8. The Kier molecular flexibility index (Phi) is 3.52. The predicted octanol–water partition coefficient (Wildman–Crippen LogP) is 1.27. The van der Waals surface area contributed by atoms with Crippen LogP contribution in [0.15, 0.2) is 11.1 Å². The standard InChI is InChI=1S/C14H22O4/c1-14(2)6-8-4-5-9(13(17)18-3)10(7-15)11(8)12(14)16/h9-10,12,15-16H,4-7H2,1-3H3/t9-,10-,12-/m1/s1. The first-order valence-electron chi connectivity index (χ1n) is 6.51. The van der Waals surface area contributed by atoms with Gasteiger partial charge in [0.15, 0.2) is 0 Å². The third-order valence-corrected chi connectivity index (χ3v) is 4.45. The number of aliphatic hydroxyl groups is 2. The molecular weight excluding hydrogens is 232 g/mol. The second-order valence-corrected chi connectivity index (χ2v) is 6.08. The Morgan fingerprint density at radius 3 is 2.72 bits per heavy atom. The van der Waals surface area contributed by atoms with Crippen LogP contribution in [0.2, 0.25) is 0 Å². The van der Waals surface area contributed by atoms with Gasteiger partial charge in [-0.15, -0.1) is 0 Å². The van der Waals surface area contributed by atoms with E-state index >= 15 is 0 Å². The predicted molar refractivity (Wildman–Crippen MR) is 66.7 cm³/mol. The van der Waals surface area contributed by atoms with Crippen LogP contribution in [-0.2, 0) is 9.53 Å². The van der Waals surface area contributed by atoms with Gasteiger partial charge in [-0.2, -0.15) is 0 Å². The summed E-state index contributed by atoms with van der Waals surface area (Å²) in [5, 5.41) is 20.0. The summed E-state index contributed by atoms with van der Waals surface area (Å²) in [5.74, 6) is -0.877. The van der Waals surface area contributed by atoms with Crippen LogP contribution in [0.25, 0.3) is 0 Å². The first kappa shape index (κ1) is 13.6. The molecule has 0 saturated heterocycles. The summed E-state index contributed by atoms with van der Waals surface area (Å²) in [7, 11) is 1.37. The first-order chi connectivity index (χ1) is 8.42. The van der Waals surface area contributed by atoms with Crippen molar-refractivity contribution < 1.29 is 19.7 Å². The summed E-state index contributed by atoms with van der Waals surface area (Å²) in [6, 6.07) is 0. The molecule has 0 aliphatic heterocycles. The van der Waals surface area contributed by atoms with E-state index in [2.05, 4.69) is 0 Å². The number of aliphatic hydroxyl groups excluding tert-OH is 2. The number of esters is 1. The van der Waals surface area contributed by atoms with Gasteiger partial charge in [0.2, 0.25) is 0 Å². The molecule has 2 rings (SSSR count). The van der Waals surface area contributed by atoms with Gasteiger partial charge in [-0.05, 0) is 30.3 Å². The smallest absolute Gasteiger partial charge is 0.309 e. The zero-order valence-electron chi connectivity index (χ0n) is 11.3. The fourth-order valence-corrected chi connectivity index (χ4v) is 3.47. The molecule has 4 heteroatoms. The van der Waals surface area contributed by atoms with E-state index in [1.807, 2.05) is 13.8 Å². The van der Waals surface area contributed by atoms with E-state index in [9.17, 15) is 15.0 Å². The van der Waals surface area contributed by atoms with Crippen molar-refractivity contribution in [1.29, 1.82) is 0 Å². The molecule has 0 aromatic carbocycles. The molecule has 2 aliphatic carbocycles. The van der Waals surface area contributed by atoms with Crippen molar-refractivity contribution in [3.8, 4) is 0 Å². The van der Waals surface area contributed by atoms with E-state index in [1.54, 1.807) is 0 Å². The number of methoxy groups -OCH3 is 1. The Morgan fingerprint density at radius 2 is 2.17 bits per heavy atom. The molecule has 3 atom stereocenters. The maximum Gasteiger partial charge on any atom is 0.309 e. The molecule has 4 nitrogen and oxygen atoms in total. The second-order valence-electron chi connectivity index (χ2n) is 6.08. The number of ether oxygens (including phenoxy) is 1. The van der Waals surface area contributed by atoms with E-state index < -0.39 is 6.10 Å². The molecular formula is C14H22O4. The van der Waals surface area contributed by atoms with Crippen molar-refractivity contribution in [2.24, 2.45) is 17.3 Å². The molecule has 102 valence electrons. The van der Waals surface area contributed by atoms with Crippen LogP contribution < -0.4 is 0 Å². The molecule has 0 aromatic rings. The Labute approximate surface area is 108 Å². The molecule has 0 saturated carbocycles. The van der Waals surface area contributed by atoms with Crippen LogP contribution in [0, 0.1) is 17.3 Å². The molecule has 0 radical (unpaired) electrons. The molecule has 0 bridgehead atoms. The Bertz CT molecular complexity index is 383. The van der Waals surface area contributed by atoms with E-state index in [1.165, 1.54) is 12.7 Å². The minimum absolute atomic E-state index is 0.105. The highest BCUT2D eigenvalue weighted by Crippen LogP contribution is 2.50. The van der Waals surface area contributed by atoms with Gasteiger partial charge < -0.3 is 14.9 Å². The van der Waals surface area contributed by atoms with Gasteiger partial charge in [0.1, 0.15) is 0 Å². The molecule has 0 spiro atoms. The van der Waals surface area contributed by atoms with Crippen LogP contribution in [0.4, 0.5) is 0 Å². The second kappa shape index (κ2) is 4.67. The van der Waals surface area contributed by atoms with Gasteiger partial charge in [-0.1, -0.05) is 19.4 Å². The van der Waals surface area contributed by atoms with Crippen molar-refractivity contribution in [3.05, 3.63) is 11.1 Å². The number of hydrogen-bond donors (Lipinski definition) is 2. The summed E-state index contributed by atoms with van der Waals surface area (Å²) < 4.78 is 4.80. The first-order valence-corrected chi connectivity index (χ1v) is 6.51. The van der Waals surface area contributed by atoms with Crippen molar-refractivity contribution in [3.63, 3.8) is 0 Å². The Morgan fingerprint density at radius 1 is 1.50 bits per heavy atom. The summed E-state index contributed by atoms with van der Waals surface area (Å²) in [6.45, 7) is 3.95. The lowest BCUT2D eigenvalue weighted by Crippen LogP contribution is -2.36. The fraction of sp³-hybridized carbons (Fsp3) is 0.786.